The summed E-state index contributed by atoms with van der Waals surface area (Å²) in [6.07, 6.45) is 3.82. The van der Waals surface area contributed by atoms with E-state index < -0.39 is 10.8 Å². The maximum atomic E-state index is 13.0. The van der Waals surface area contributed by atoms with Crippen LogP contribution in [0.4, 0.5) is 0 Å². The number of benzene rings is 2. The molecule has 0 aromatic heterocycles. The lowest BCUT2D eigenvalue weighted by atomic mass is 10.1. The van der Waals surface area contributed by atoms with Gasteiger partial charge in [0.05, 0.1) is 27.7 Å². The molecule has 1 N–H and O–H groups in total. The van der Waals surface area contributed by atoms with Gasteiger partial charge in [-0.1, -0.05) is 40.2 Å². The third-order valence-electron chi connectivity index (χ3n) is 3.82. The molecule has 0 bridgehead atoms. The highest BCUT2D eigenvalue weighted by molar-refractivity contribution is 9.11. The van der Waals surface area contributed by atoms with Crippen LogP contribution in [0.1, 0.15) is 6.42 Å². The summed E-state index contributed by atoms with van der Waals surface area (Å²) in [4.78, 5) is 1.28. The summed E-state index contributed by atoms with van der Waals surface area (Å²) in [7, 11) is 0.193. The van der Waals surface area contributed by atoms with Crippen LogP contribution < -0.4 is 9.47 Å². The third-order valence-corrected chi connectivity index (χ3v) is 7.25. The van der Waals surface area contributed by atoms with Gasteiger partial charge in [-0.3, -0.25) is 0 Å². The average molecular weight is 512 g/mol. The van der Waals surface area contributed by atoms with Crippen molar-refractivity contribution in [2.24, 2.45) is 0 Å². The molecule has 140 valence electrons. The summed E-state index contributed by atoms with van der Waals surface area (Å²) in [6, 6.07) is 14.4. The van der Waals surface area contributed by atoms with Crippen molar-refractivity contribution >= 4 is 42.7 Å². The summed E-state index contributed by atoms with van der Waals surface area (Å²) < 4.78 is 25.1. The molecule has 2 aromatic rings. The van der Waals surface area contributed by atoms with Crippen molar-refractivity contribution < 1.29 is 18.8 Å². The highest BCUT2D eigenvalue weighted by Gasteiger charge is 2.21. The Labute approximate surface area is 176 Å². The number of hydrogen-bond acceptors (Lipinski definition) is 4. The van der Waals surface area contributed by atoms with Gasteiger partial charge in [0.25, 0.3) is 5.95 Å². The molecule has 2 aromatic carbocycles. The summed E-state index contributed by atoms with van der Waals surface area (Å²) >= 11 is 6.94. The zero-order valence-electron chi connectivity index (χ0n) is 14.3. The van der Waals surface area contributed by atoms with Crippen molar-refractivity contribution in [2.45, 2.75) is 11.3 Å². The number of aliphatic hydroxyl groups excluding tert-OH is 1. The smallest absolute Gasteiger partial charge is 0.285 e. The minimum absolute atomic E-state index is 0.176. The first-order valence-corrected chi connectivity index (χ1v) is 10.7. The zero-order valence-corrected chi connectivity index (χ0v) is 18.3. The highest BCUT2D eigenvalue weighted by Crippen LogP contribution is 2.35. The van der Waals surface area contributed by atoms with Crippen LogP contribution in [0.3, 0.4) is 0 Å². The van der Waals surface area contributed by atoms with Crippen LogP contribution in [0.15, 0.2) is 91.0 Å². The fourth-order valence-electron chi connectivity index (χ4n) is 2.43. The van der Waals surface area contributed by atoms with Crippen molar-refractivity contribution in [1.82, 2.24) is 0 Å². The zero-order chi connectivity index (χ0) is 19.4. The second-order valence-corrected chi connectivity index (χ2v) is 8.82. The molecule has 0 spiro atoms. The first-order valence-electron chi connectivity index (χ1n) is 7.96. The molecule has 0 heterocycles. The lowest BCUT2D eigenvalue weighted by Gasteiger charge is -2.16. The SMILES string of the molecule is COc1ccc(S(=O)C2=C(Br)CC(=C(O)Oc3ccccc3)C=C2)c(Br)c1. The van der Waals surface area contributed by atoms with Gasteiger partial charge < -0.3 is 14.6 Å². The predicted molar refractivity (Wildman–Crippen MR) is 114 cm³/mol. The molecule has 0 aliphatic heterocycles. The predicted octanol–water partition coefficient (Wildman–Crippen LogP) is 5.98. The minimum atomic E-state index is -1.39. The molecule has 1 atom stereocenters. The summed E-state index contributed by atoms with van der Waals surface area (Å²) in [5.41, 5.74) is 0.597. The van der Waals surface area contributed by atoms with E-state index in [-0.39, 0.29) is 5.95 Å². The number of rotatable bonds is 5. The normalized spacial score (nSPS) is 16.9. The molecule has 27 heavy (non-hydrogen) atoms. The average Bonchev–Trinajstić information content (AvgIpc) is 2.68. The van der Waals surface area contributed by atoms with Crippen LogP contribution in [0.5, 0.6) is 11.5 Å². The van der Waals surface area contributed by atoms with Gasteiger partial charge in [-0.2, -0.15) is 0 Å². The number of methoxy groups -OCH3 is 1. The van der Waals surface area contributed by atoms with Crippen LogP contribution in [0, 0.1) is 0 Å². The summed E-state index contributed by atoms with van der Waals surface area (Å²) in [5, 5.41) is 10.3. The van der Waals surface area contributed by atoms with E-state index in [0.717, 1.165) is 4.48 Å². The van der Waals surface area contributed by atoms with Gasteiger partial charge in [-0.15, -0.1) is 0 Å². The second kappa shape index (κ2) is 8.91. The lowest BCUT2D eigenvalue weighted by molar-refractivity contribution is 0.203. The first-order chi connectivity index (χ1) is 13.0. The molecule has 4 nitrogen and oxygen atoms in total. The molecule has 7 heteroatoms. The second-order valence-electron chi connectivity index (χ2n) is 5.59. The Morgan fingerprint density at radius 3 is 2.44 bits per heavy atom. The number of para-hydroxylation sites is 1. The number of aliphatic hydroxyl groups is 1. The van der Waals surface area contributed by atoms with Crippen molar-refractivity contribution in [3.63, 3.8) is 0 Å². The van der Waals surface area contributed by atoms with E-state index in [4.69, 9.17) is 9.47 Å². The standard InChI is InChI=1S/C20H16Br2O4S/c1-25-15-8-10-19(17(22)12-15)27(24)18-9-7-13(11-16(18)21)20(23)26-14-5-3-2-4-6-14/h2-10,12,23H,11H2,1H3. The number of halogens is 2. The van der Waals surface area contributed by atoms with E-state index in [1.165, 1.54) is 0 Å². The number of hydrogen-bond donors (Lipinski definition) is 1. The molecule has 0 saturated carbocycles. The Morgan fingerprint density at radius 2 is 1.81 bits per heavy atom. The third kappa shape index (κ3) is 4.72. The molecular weight excluding hydrogens is 496 g/mol. The molecule has 0 radical (unpaired) electrons. The van der Waals surface area contributed by atoms with Crippen molar-refractivity contribution in [3.8, 4) is 11.5 Å². The fourth-order valence-corrected chi connectivity index (χ4v) is 5.24. The summed E-state index contributed by atoms with van der Waals surface area (Å²) in [6.45, 7) is 0. The molecule has 0 fully saturated rings. The Kier molecular flexibility index (Phi) is 6.57. The van der Waals surface area contributed by atoms with Crippen molar-refractivity contribution in [2.75, 3.05) is 7.11 Å². The van der Waals surface area contributed by atoms with Crippen LogP contribution in [-0.4, -0.2) is 16.4 Å². The number of ether oxygens (including phenoxy) is 2. The Bertz CT molecular complexity index is 965. The van der Waals surface area contributed by atoms with Gasteiger partial charge in [-0.25, -0.2) is 4.21 Å². The van der Waals surface area contributed by atoms with E-state index >= 15 is 0 Å². The minimum Gasteiger partial charge on any atom is -0.497 e. The van der Waals surface area contributed by atoms with E-state index in [9.17, 15) is 9.32 Å². The maximum Gasteiger partial charge on any atom is 0.285 e. The Hall–Kier alpha value is -1.83. The molecule has 1 unspecified atom stereocenters. The van der Waals surface area contributed by atoms with Crippen LogP contribution >= 0.6 is 31.9 Å². The molecule has 1 aliphatic rings. The molecule has 0 saturated heterocycles. The van der Waals surface area contributed by atoms with Crippen molar-refractivity contribution in [1.29, 1.82) is 0 Å². The lowest BCUT2D eigenvalue weighted by Crippen LogP contribution is -2.05. The van der Waals surface area contributed by atoms with E-state index in [0.29, 0.717) is 37.8 Å². The van der Waals surface area contributed by atoms with Gasteiger partial charge in [-0.05, 0) is 52.3 Å². The quantitative estimate of drug-likeness (QED) is 0.501. The van der Waals surface area contributed by atoms with Crippen LogP contribution in [0.25, 0.3) is 0 Å². The number of allylic oxidation sites excluding steroid dienone is 4. The largest absolute Gasteiger partial charge is 0.497 e. The van der Waals surface area contributed by atoms with Crippen molar-refractivity contribution in [3.05, 3.63) is 86.1 Å². The first kappa shape index (κ1) is 19.9. The van der Waals surface area contributed by atoms with E-state index in [1.807, 2.05) is 18.2 Å². The van der Waals surface area contributed by atoms with Crippen LogP contribution in [-0.2, 0) is 10.8 Å². The van der Waals surface area contributed by atoms with E-state index in [1.54, 1.807) is 49.6 Å². The van der Waals surface area contributed by atoms with Gasteiger partial charge in [0, 0.05) is 20.9 Å². The Balaban J connectivity index is 1.81. The molecule has 1 aliphatic carbocycles. The van der Waals surface area contributed by atoms with E-state index in [2.05, 4.69) is 31.9 Å². The molecular formula is C20H16Br2O4S. The van der Waals surface area contributed by atoms with Gasteiger partial charge in [0.1, 0.15) is 11.5 Å². The monoisotopic (exact) mass is 510 g/mol. The fraction of sp³-hybridized carbons (Fsp3) is 0.100. The Morgan fingerprint density at radius 1 is 1.07 bits per heavy atom. The molecule has 0 amide bonds. The molecule has 3 rings (SSSR count). The maximum absolute atomic E-state index is 13.0. The highest BCUT2D eigenvalue weighted by atomic mass is 79.9. The van der Waals surface area contributed by atoms with Gasteiger partial charge in [0.2, 0.25) is 0 Å². The topological polar surface area (TPSA) is 55.8 Å². The van der Waals surface area contributed by atoms with Gasteiger partial charge in [0.15, 0.2) is 0 Å². The summed E-state index contributed by atoms with van der Waals surface area (Å²) in [5.74, 6) is 1.06. The van der Waals surface area contributed by atoms with Crippen LogP contribution in [0.2, 0.25) is 0 Å². The van der Waals surface area contributed by atoms with Gasteiger partial charge >= 0.3 is 0 Å².